The van der Waals surface area contributed by atoms with E-state index in [1.807, 2.05) is 13.0 Å². The van der Waals surface area contributed by atoms with Crippen LogP contribution in [0.25, 0.3) is 0 Å². The maximum Gasteiger partial charge on any atom is 0.271 e. The van der Waals surface area contributed by atoms with E-state index in [1.54, 1.807) is 23.0 Å². The van der Waals surface area contributed by atoms with Gasteiger partial charge in [0, 0.05) is 5.38 Å². The van der Waals surface area contributed by atoms with Crippen LogP contribution >= 0.6 is 22.9 Å². The number of hydrogen-bond acceptors (Lipinski definition) is 4. The summed E-state index contributed by atoms with van der Waals surface area (Å²) in [5.41, 5.74) is 3.38. The number of aryl methyl sites for hydroxylation is 1. The van der Waals surface area contributed by atoms with Crippen LogP contribution in [0.15, 0.2) is 29.1 Å². The minimum absolute atomic E-state index is 0.138. The van der Waals surface area contributed by atoms with Crippen molar-refractivity contribution < 1.29 is 9.59 Å². The highest BCUT2D eigenvalue weighted by atomic mass is 35.5. The monoisotopic (exact) mass is 309 g/mol. The van der Waals surface area contributed by atoms with Crippen LogP contribution in [0.2, 0.25) is 5.02 Å². The Bertz CT molecular complexity index is 629. The first-order valence-electron chi connectivity index (χ1n) is 5.78. The molecule has 104 valence electrons. The molecule has 0 radical (unpaired) electrons. The number of thiazole rings is 1. The fraction of sp³-hybridized carbons (Fsp3) is 0.154. The van der Waals surface area contributed by atoms with E-state index in [0.29, 0.717) is 16.4 Å². The predicted octanol–water partition coefficient (Wildman–Crippen LogP) is 2.47. The summed E-state index contributed by atoms with van der Waals surface area (Å²) in [4.78, 5) is 27.2. The minimum atomic E-state index is -0.378. The van der Waals surface area contributed by atoms with Crippen LogP contribution in [0.1, 0.15) is 16.1 Å². The van der Waals surface area contributed by atoms with Gasteiger partial charge in [-0.1, -0.05) is 17.7 Å². The Labute approximate surface area is 125 Å². The van der Waals surface area contributed by atoms with E-state index < -0.39 is 0 Å². The first-order chi connectivity index (χ1) is 9.56. The van der Waals surface area contributed by atoms with Crippen molar-refractivity contribution in [2.24, 2.45) is 0 Å². The first kappa shape index (κ1) is 14.5. The molecule has 0 spiro atoms. The van der Waals surface area contributed by atoms with E-state index in [0.717, 1.165) is 5.56 Å². The number of hydrogen-bond donors (Lipinski definition) is 2. The lowest BCUT2D eigenvalue weighted by atomic mass is 10.2. The lowest BCUT2D eigenvalue weighted by Gasteiger charge is -2.08. The molecule has 0 saturated heterocycles. The molecule has 0 unspecified atom stereocenters. The zero-order valence-electron chi connectivity index (χ0n) is 10.6. The summed E-state index contributed by atoms with van der Waals surface area (Å²) in [7, 11) is 0. The number of nitrogens with one attached hydrogen (secondary N) is 2. The molecule has 0 saturated carbocycles. The van der Waals surface area contributed by atoms with Crippen LogP contribution in [0.5, 0.6) is 0 Å². The van der Waals surface area contributed by atoms with Crippen molar-refractivity contribution in [1.82, 2.24) is 10.3 Å². The SMILES string of the molecule is Cc1ccc(NC(=O)CNC(=O)c2cscn2)c(Cl)c1. The molecule has 2 rings (SSSR count). The number of carbonyl (C=O) groups is 2. The van der Waals surface area contributed by atoms with Gasteiger partial charge in [0.1, 0.15) is 5.69 Å². The Balaban J connectivity index is 1.88. The van der Waals surface area contributed by atoms with Gasteiger partial charge in [-0.25, -0.2) is 4.98 Å². The highest BCUT2D eigenvalue weighted by Crippen LogP contribution is 2.22. The van der Waals surface area contributed by atoms with Crippen LogP contribution in [0.4, 0.5) is 5.69 Å². The third-order valence-electron chi connectivity index (χ3n) is 2.47. The molecule has 7 heteroatoms. The quantitative estimate of drug-likeness (QED) is 0.911. The summed E-state index contributed by atoms with van der Waals surface area (Å²) >= 11 is 7.32. The van der Waals surface area contributed by atoms with Gasteiger partial charge in [-0.2, -0.15) is 0 Å². The largest absolute Gasteiger partial charge is 0.342 e. The molecule has 1 heterocycles. The Morgan fingerprint density at radius 2 is 2.20 bits per heavy atom. The maximum atomic E-state index is 11.7. The second kappa shape index (κ2) is 6.49. The van der Waals surface area contributed by atoms with Crippen LogP contribution in [0.3, 0.4) is 0 Å². The lowest BCUT2D eigenvalue weighted by Crippen LogP contribution is -2.33. The Hall–Kier alpha value is -1.92. The summed E-state index contributed by atoms with van der Waals surface area (Å²) in [6.45, 7) is 1.77. The second-order valence-electron chi connectivity index (χ2n) is 4.09. The number of rotatable bonds is 4. The van der Waals surface area contributed by atoms with Gasteiger partial charge >= 0.3 is 0 Å². The Morgan fingerprint density at radius 3 is 2.85 bits per heavy atom. The van der Waals surface area contributed by atoms with E-state index in [1.165, 1.54) is 11.3 Å². The van der Waals surface area contributed by atoms with E-state index in [4.69, 9.17) is 11.6 Å². The van der Waals surface area contributed by atoms with Crippen molar-refractivity contribution in [2.75, 3.05) is 11.9 Å². The third kappa shape index (κ3) is 3.79. The number of nitrogens with zero attached hydrogens (tertiary/aromatic N) is 1. The molecule has 5 nitrogen and oxygen atoms in total. The molecule has 2 N–H and O–H groups in total. The third-order valence-corrected chi connectivity index (χ3v) is 3.37. The molecular weight excluding hydrogens is 298 g/mol. The number of halogens is 1. The fourth-order valence-electron chi connectivity index (χ4n) is 1.49. The zero-order chi connectivity index (χ0) is 14.5. The average molecular weight is 310 g/mol. The molecule has 1 aromatic heterocycles. The number of amides is 2. The van der Waals surface area contributed by atoms with Crippen molar-refractivity contribution in [2.45, 2.75) is 6.92 Å². The van der Waals surface area contributed by atoms with Crippen LogP contribution in [-0.2, 0) is 4.79 Å². The van der Waals surface area contributed by atoms with Crippen molar-refractivity contribution in [1.29, 1.82) is 0 Å². The molecule has 2 amide bonds. The standard InChI is InChI=1S/C13H12ClN3O2S/c1-8-2-3-10(9(14)4-8)17-12(18)5-15-13(19)11-6-20-7-16-11/h2-4,6-7H,5H2,1H3,(H,15,19)(H,17,18). The maximum absolute atomic E-state index is 11.7. The van der Waals surface area contributed by atoms with Crippen LogP contribution in [0, 0.1) is 6.92 Å². The number of benzene rings is 1. The molecule has 0 aliphatic heterocycles. The lowest BCUT2D eigenvalue weighted by molar-refractivity contribution is -0.115. The van der Waals surface area contributed by atoms with E-state index in [2.05, 4.69) is 15.6 Å². The topological polar surface area (TPSA) is 71.1 Å². The van der Waals surface area contributed by atoms with Gasteiger partial charge in [0.25, 0.3) is 5.91 Å². The van der Waals surface area contributed by atoms with E-state index in [9.17, 15) is 9.59 Å². The molecule has 0 aliphatic rings. The molecule has 20 heavy (non-hydrogen) atoms. The summed E-state index contributed by atoms with van der Waals surface area (Å²) in [5.74, 6) is -0.726. The van der Waals surface area contributed by atoms with Crippen molar-refractivity contribution in [3.05, 3.63) is 45.4 Å². The summed E-state index contributed by atoms with van der Waals surface area (Å²) < 4.78 is 0. The van der Waals surface area contributed by atoms with Crippen molar-refractivity contribution in [3.63, 3.8) is 0 Å². The fourth-order valence-corrected chi connectivity index (χ4v) is 2.31. The zero-order valence-corrected chi connectivity index (χ0v) is 12.2. The van der Waals surface area contributed by atoms with Gasteiger partial charge in [-0.15, -0.1) is 11.3 Å². The van der Waals surface area contributed by atoms with Gasteiger partial charge in [-0.05, 0) is 24.6 Å². The highest BCUT2D eigenvalue weighted by molar-refractivity contribution is 7.07. The summed E-state index contributed by atoms with van der Waals surface area (Å²) in [6, 6.07) is 5.32. The van der Waals surface area contributed by atoms with Gasteiger partial charge in [0.2, 0.25) is 5.91 Å². The average Bonchev–Trinajstić information content (AvgIpc) is 2.93. The molecular formula is C13H12ClN3O2S. The van der Waals surface area contributed by atoms with Gasteiger partial charge in [0.15, 0.2) is 0 Å². The van der Waals surface area contributed by atoms with Crippen molar-refractivity contribution in [3.8, 4) is 0 Å². The highest BCUT2D eigenvalue weighted by Gasteiger charge is 2.10. The van der Waals surface area contributed by atoms with Crippen LogP contribution in [-0.4, -0.2) is 23.3 Å². The minimum Gasteiger partial charge on any atom is -0.342 e. The molecule has 0 aliphatic carbocycles. The molecule has 0 atom stereocenters. The summed E-state index contributed by atoms with van der Waals surface area (Å²) in [6.07, 6.45) is 0. The summed E-state index contributed by atoms with van der Waals surface area (Å²) in [5, 5.41) is 7.20. The van der Waals surface area contributed by atoms with Gasteiger partial charge < -0.3 is 10.6 Å². The predicted molar refractivity (Wildman–Crippen MR) is 79.3 cm³/mol. The van der Waals surface area contributed by atoms with Crippen LogP contribution < -0.4 is 10.6 Å². The van der Waals surface area contributed by atoms with Crippen molar-refractivity contribution >= 4 is 40.4 Å². The van der Waals surface area contributed by atoms with Gasteiger partial charge in [0.05, 0.1) is 22.8 Å². The van der Waals surface area contributed by atoms with Gasteiger partial charge in [-0.3, -0.25) is 9.59 Å². The number of aromatic nitrogens is 1. The molecule has 1 aromatic carbocycles. The smallest absolute Gasteiger partial charge is 0.271 e. The number of anilines is 1. The van der Waals surface area contributed by atoms with E-state index >= 15 is 0 Å². The Morgan fingerprint density at radius 1 is 1.40 bits per heavy atom. The molecule has 0 bridgehead atoms. The van der Waals surface area contributed by atoms with E-state index in [-0.39, 0.29) is 18.4 Å². The first-order valence-corrected chi connectivity index (χ1v) is 7.11. The second-order valence-corrected chi connectivity index (χ2v) is 5.21. The number of carbonyl (C=O) groups excluding carboxylic acids is 2. The Kier molecular flexibility index (Phi) is 4.70. The molecule has 2 aromatic rings. The molecule has 0 fully saturated rings. The normalized spacial score (nSPS) is 10.1.